The Morgan fingerprint density at radius 1 is 1.22 bits per heavy atom. The molecule has 1 atom stereocenters. The predicted molar refractivity (Wildman–Crippen MR) is 80.9 cm³/mol. The molecule has 4 heteroatoms. The lowest BCUT2D eigenvalue weighted by Crippen LogP contribution is -2.44. The molecule has 2 aliphatic rings. The van der Waals surface area contributed by atoms with Gasteiger partial charge < -0.3 is 4.90 Å². The molecule has 0 amide bonds. The lowest BCUT2D eigenvalue weighted by atomic mass is 9.96. The second kappa shape index (κ2) is 5.17. The minimum Gasteiger partial charge on any atom is -0.369 e. The highest BCUT2D eigenvalue weighted by Gasteiger charge is 2.35. The van der Waals surface area contributed by atoms with Crippen molar-refractivity contribution in [1.82, 2.24) is 0 Å². The summed E-state index contributed by atoms with van der Waals surface area (Å²) in [4.78, 5) is 14.6. The summed E-state index contributed by atoms with van der Waals surface area (Å²) < 4.78 is 0.543. The van der Waals surface area contributed by atoms with Crippen LogP contribution in [0.5, 0.6) is 0 Å². The zero-order chi connectivity index (χ0) is 12.5. The number of Topliss-reactive ketones (excluding diaryl/α,β-unsaturated/α-hetero) is 1. The molecule has 3 rings (SSSR count). The van der Waals surface area contributed by atoms with Crippen molar-refractivity contribution in [3.8, 4) is 0 Å². The molecule has 1 unspecified atom stereocenters. The zero-order valence-corrected chi connectivity index (χ0v) is 12.1. The molecule has 0 bridgehead atoms. The molecule has 2 aliphatic heterocycles. The fourth-order valence-electron chi connectivity index (χ4n) is 2.64. The van der Waals surface area contributed by atoms with Gasteiger partial charge in [0.25, 0.3) is 0 Å². The van der Waals surface area contributed by atoms with Gasteiger partial charge in [-0.25, -0.2) is 0 Å². The van der Waals surface area contributed by atoms with Crippen LogP contribution in [0.4, 0.5) is 5.69 Å². The average molecular weight is 279 g/mol. The number of benzene rings is 1. The van der Waals surface area contributed by atoms with Crippen molar-refractivity contribution in [2.45, 2.75) is 23.5 Å². The largest absolute Gasteiger partial charge is 0.369 e. The second-order valence-electron chi connectivity index (χ2n) is 4.79. The maximum atomic E-state index is 12.2. The number of thioether (sulfide) groups is 2. The van der Waals surface area contributed by atoms with Crippen molar-refractivity contribution in [3.63, 3.8) is 0 Å². The van der Waals surface area contributed by atoms with Crippen LogP contribution in [0.25, 0.3) is 0 Å². The molecule has 0 aliphatic carbocycles. The Bertz CT molecular complexity index is 457. The van der Waals surface area contributed by atoms with E-state index in [1.54, 1.807) is 0 Å². The van der Waals surface area contributed by atoms with Gasteiger partial charge in [-0.15, -0.1) is 23.5 Å². The van der Waals surface area contributed by atoms with Gasteiger partial charge >= 0.3 is 0 Å². The Balaban J connectivity index is 1.89. The molecule has 0 N–H and O–H groups in total. The molecule has 1 saturated heterocycles. The van der Waals surface area contributed by atoms with E-state index in [-0.39, 0.29) is 0 Å². The molecule has 18 heavy (non-hydrogen) atoms. The molecule has 2 heterocycles. The van der Waals surface area contributed by atoms with Crippen molar-refractivity contribution in [3.05, 3.63) is 29.8 Å². The lowest BCUT2D eigenvalue weighted by molar-refractivity contribution is 0.0969. The molecule has 0 aromatic heterocycles. The van der Waals surface area contributed by atoms with Gasteiger partial charge in [0.15, 0.2) is 5.78 Å². The van der Waals surface area contributed by atoms with Crippen LogP contribution in [0.2, 0.25) is 0 Å². The summed E-state index contributed by atoms with van der Waals surface area (Å²) >= 11 is 4.04. The number of para-hydroxylation sites is 1. The highest BCUT2D eigenvalue weighted by molar-refractivity contribution is 8.17. The maximum Gasteiger partial charge on any atom is 0.167 e. The quantitative estimate of drug-likeness (QED) is 0.786. The Hall–Kier alpha value is -0.610. The number of carbonyl (C=O) groups is 1. The first-order valence-corrected chi connectivity index (χ1v) is 8.45. The van der Waals surface area contributed by atoms with Crippen molar-refractivity contribution in [2.75, 3.05) is 23.5 Å². The van der Waals surface area contributed by atoms with Crippen LogP contribution >= 0.6 is 23.5 Å². The fraction of sp³-hybridized carbons (Fsp3) is 0.500. The number of rotatable bonds is 1. The van der Waals surface area contributed by atoms with Crippen molar-refractivity contribution in [1.29, 1.82) is 0 Å². The third-order valence-electron chi connectivity index (χ3n) is 3.64. The SMILES string of the molecule is CN1c2ccccc2C(=O)CC1C1SCCCS1. The number of hydrogen-bond donors (Lipinski definition) is 0. The molecule has 0 saturated carbocycles. The van der Waals surface area contributed by atoms with Gasteiger partial charge in [-0.3, -0.25) is 4.79 Å². The zero-order valence-electron chi connectivity index (χ0n) is 10.5. The first-order chi connectivity index (χ1) is 8.77. The van der Waals surface area contributed by atoms with E-state index in [0.29, 0.717) is 22.8 Å². The van der Waals surface area contributed by atoms with Crippen molar-refractivity contribution >= 4 is 35.0 Å². The topological polar surface area (TPSA) is 20.3 Å². The lowest BCUT2D eigenvalue weighted by Gasteiger charge is -2.40. The summed E-state index contributed by atoms with van der Waals surface area (Å²) in [5.41, 5.74) is 1.99. The minimum atomic E-state index is 0.306. The maximum absolute atomic E-state index is 12.2. The molecule has 0 spiro atoms. The van der Waals surface area contributed by atoms with E-state index < -0.39 is 0 Å². The van der Waals surface area contributed by atoms with E-state index in [1.807, 2.05) is 41.7 Å². The van der Waals surface area contributed by atoms with Crippen LogP contribution in [-0.4, -0.2) is 35.0 Å². The second-order valence-corrected chi connectivity index (χ2v) is 7.58. The molecular formula is C14H17NOS2. The molecule has 1 fully saturated rings. The van der Waals surface area contributed by atoms with Crippen LogP contribution in [0.3, 0.4) is 0 Å². The van der Waals surface area contributed by atoms with Crippen molar-refractivity contribution < 1.29 is 4.79 Å². The number of hydrogen-bond acceptors (Lipinski definition) is 4. The van der Waals surface area contributed by atoms with Gasteiger partial charge in [-0.2, -0.15) is 0 Å². The summed E-state index contributed by atoms with van der Waals surface area (Å²) in [6, 6.07) is 8.34. The number of carbonyl (C=O) groups excluding carboxylic acids is 1. The molecule has 0 radical (unpaired) electrons. The van der Waals surface area contributed by atoms with Crippen LogP contribution in [-0.2, 0) is 0 Å². The van der Waals surface area contributed by atoms with E-state index in [9.17, 15) is 4.79 Å². The normalized spacial score (nSPS) is 25.1. The summed E-state index contributed by atoms with van der Waals surface area (Å²) in [6.07, 6.45) is 1.96. The number of nitrogens with zero attached hydrogens (tertiary/aromatic N) is 1. The first-order valence-electron chi connectivity index (χ1n) is 6.35. The van der Waals surface area contributed by atoms with Gasteiger partial charge in [-0.1, -0.05) is 12.1 Å². The summed E-state index contributed by atoms with van der Waals surface area (Å²) in [5, 5.41) is 0. The highest BCUT2D eigenvalue weighted by atomic mass is 32.2. The van der Waals surface area contributed by atoms with Gasteiger partial charge in [0.2, 0.25) is 0 Å². The Morgan fingerprint density at radius 2 is 1.94 bits per heavy atom. The van der Waals surface area contributed by atoms with E-state index >= 15 is 0 Å². The van der Waals surface area contributed by atoms with Crippen LogP contribution in [0.15, 0.2) is 24.3 Å². The molecule has 96 valence electrons. The number of ketones is 1. The monoisotopic (exact) mass is 279 g/mol. The number of fused-ring (bicyclic) bond motifs is 1. The van der Waals surface area contributed by atoms with E-state index in [2.05, 4.69) is 18.0 Å². The van der Waals surface area contributed by atoms with Crippen LogP contribution in [0, 0.1) is 0 Å². The van der Waals surface area contributed by atoms with E-state index in [1.165, 1.54) is 17.9 Å². The highest BCUT2D eigenvalue weighted by Crippen LogP contribution is 2.40. The summed E-state index contributed by atoms with van der Waals surface area (Å²) in [7, 11) is 2.13. The van der Waals surface area contributed by atoms with Gasteiger partial charge in [0.05, 0.1) is 10.6 Å². The molecule has 1 aromatic carbocycles. The van der Waals surface area contributed by atoms with Gasteiger partial charge in [-0.05, 0) is 30.1 Å². The Labute approximate surface area is 117 Å². The predicted octanol–water partition coefficient (Wildman–Crippen LogP) is 3.27. The first kappa shape index (κ1) is 12.4. The Kier molecular flexibility index (Phi) is 3.57. The molecular weight excluding hydrogens is 262 g/mol. The van der Waals surface area contributed by atoms with Crippen LogP contribution < -0.4 is 4.90 Å². The van der Waals surface area contributed by atoms with Gasteiger partial charge in [0.1, 0.15) is 0 Å². The smallest absolute Gasteiger partial charge is 0.167 e. The third kappa shape index (κ3) is 2.16. The van der Waals surface area contributed by atoms with E-state index in [4.69, 9.17) is 0 Å². The van der Waals surface area contributed by atoms with Crippen LogP contribution in [0.1, 0.15) is 23.2 Å². The minimum absolute atomic E-state index is 0.306. The van der Waals surface area contributed by atoms with Crippen molar-refractivity contribution in [2.24, 2.45) is 0 Å². The number of anilines is 1. The summed E-state index contributed by atoms with van der Waals surface area (Å²) in [6.45, 7) is 0. The Morgan fingerprint density at radius 3 is 2.72 bits per heavy atom. The van der Waals surface area contributed by atoms with Gasteiger partial charge in [0, 0.05) is 24.7 Å². The summed E-state index contributed by atoms with van der Waals surface area (Å²) in [5.74, 6) is 2.77. The molecule has 2 nitrogen and oxygen atoms in total. The standard InChI is InChI=1S/C14H17NOS2/c1-15-11-6-3-2-5-10(11)13(16)9-12(15)14-17-7-4-8-18-14/h2-3,5-6,12,14H,4,7-9H2,1H3. The molecule has 1 aromatic rings. The fourth-order valence-corrected chi connectivity index (χ4v) is 5.87. The van der Waals surface area contributed by atoms with E-state index in [0.717, 1.165) is 11.3 Å². The third-order valence-corrected chi connectivity index (χ3v) is 6.79. The average Bonchev–Trinajstić information content (AvgIpc) is 2.44.